The number of halogens is 3. The van der Waals surface area contributed by atoms with Crippen molar-refractivity contribution in [3.05, 3.63) is 99.5 Å². The van der Waals surface area contributed by atoms with E-state index in [4.69, 9.17) is 26.5 Å². The second kappa shape index (κ2) is 11.7. The summed E-state index contributed by atoms with van der Waals surface area (Å²) in [4.78, 5) is 6.25. The Morgan fingerprint density at radius 2 is 2.28 bits per heavy atom. The quantitative estimate of drug-likeness (QED) is 0.220. The molecule has 0 radical (unpaired) electrons. The third-order valence-electron chi connectivity index (χ3n) is 5.23. The van der Waals surface area contributed by atoms with Crippen LogP contribution < -0.4 is 15.2 Å². The maximum absolute atomic E-state index is 14.9. The van der Waals surface area contributed by atoms with Gasteiger partial charge in [-0.15, -0.1) is 11.3 Å². The third kappa shape index (κ3) is 5.95. The van der Waals surface area contributed by atoms with Crippen LogP contribution in [0.15, 0.2) is 92.4 Å². The van der Waals surface area contributed by atoms with Crippen molar-refractivity contribution in [1.29, 1.82) is 0 Å². The van der Waals surface area contributed by atoms with Crippen LogP contribution in [0.1, 0.15) is 12.5 Å². The number of likely N-dealkylation sites (N-methyl/N-ethyl adjacent to an activating group) is 1. The second-order valence-corrected chi connectivity index (χ2v) is 9.72. The second-order valence-electron chi connectivity index (χ2n) is 7.75. The number of allylic oxidation sites excluding steroid dienone is 5. The molecule has 0 aliphatic carbocycles. The van der Waals surface area contributed by atoms with E-state index in [0.717, 1.165) is 17.5 Å². The Hall–Kier alpha value is -3.21. The molecule has 1 atom stereocenters. The van der Waals surface area contributed by atoms with Gasteiger partial charge < -0.3 is 24.5 Å². The number of nitrogens with two attached hydrogens (primary N) is 1. The van der Waals surface area contributed by atoms with Gasteiger partial charge in [0.15, 0.2) is 0 Å². The van der Waals surface area contributed by atoms with Crippen molar-refractivity contribution in [2.75, 3.05) is 18.3 Å². The van der Waals surface area contributed by atoms with Crippen molar-refractivity contribution in [3.63, 3.8) is 0 Å². The molecule has 0 saturated carbocycles. The van der Waals surface area contributed by atoms with Gasteiger partial charge in [0.1, 0.15) is 29.3 Å². The zero-order valence-electron chi connectivity index (χ0n) is 19.4. The molecule has 3 N–H and O–H groups in total. The van der Waals surface area contributed by atoms with Crippen LogP contribution in [0, 0.1) is 5.82 Å². The summed E-state index contributed by atoms with van der Waals surface area (Å²) < 4.78 is 43.8. The molecule has 6 nitrogen and oxygen atoms in total. The minimum Gasteiger partial charge on any atom is -0.472 e. The third-order valence-corrected chi connectivity index (χ3v) is 6.96. The van der Waals surface area contributed by atoms with Crippen LogP contribution >= 0.6 is 34.9 Å². The van der Waals surface area contributed by atoms with Gasteiger partial charge in [0.2, 0.25) is 0 Å². The Labute approximate surface area is 220 Å². The highest BCUT2D eigenvalue weighted by molar-refractivity contribution is 8.00. The van der Waals surface area contributed by atoms with Gasteiger partial charge in [0.25, 0.3) is 0 Å². The van der Waals surface area contributed by atoms with E-state index < -0.39 is 12.0 Å². The fourth-order valence-corrected chi connectivity index (χ4v) is 5.00. The number of alkyl halides is 1. The molecule has 0 amide bonds. The van der Waals surface area contributed by atoms with Crippen LogP contribution in [0.5, 0.6) is 5.75 Å². The lowest BCUT2D eigenvalue weighted by atomic mass is 9.97. The number of furan rings is 1. The normalized spacial score (nSPS) is 15.4. The summed E-state index contributed by atoms with van der Waals surface area (Å²) in [6, 6.07) is 4.51. The molecule has 1 aromatic carbocycles. The van der Waals surface area contributed by atoms with Crippen LogP contribution in [0.25, 0.3) is 5.57 Å². The fraction of sp³-hybridized carbons (Fsp3) is 0.160. The van der Waals surface area contributed by atoms with Gasteiger partial charge in [-0.2, -0.15) is 0 Å². The molecule has 3 heterocycles. The molecule has 11 heteroatoms. The van der Waals surface area contributed by atoms with E-state index in [1.165, 1.54) is 42.9 Å². The number of ether oxygens (including phenoxy) is 1. The van der Waals surface area contributed by atoms with E-state index in [1.54, 1.807) is 30.0 Å². The maximum atomic E-state index is 14.9. The van der Waals surface area contributed by atoms with E-state index in [1.807, 2.05) is 23.4 Å². The Bertz CT molecular complexity index is 1320. The van der Waals surface area contributed by atoms with Crippen LogP contribution in [0.3, 0.4) is 0 Å². The van der Waals surface area contributed by atoms with Gasteiger partial charge in [-0.25, -0.2) is 13.8 Å². The summed E-state index contributed by atoms with van der Waals surface area (Å²) in [5.74, 6) is 0.791. The van der Waals surface area contributed by atoms with Gasteiger partial charge in [0, 0.05) is 40.9 Å². The predicted octanol–water partition coefficient (Wildman–Crippen LogP) is 7.02. The largest absolute Gasteiger partial charge is 0.472 e. The Kier molecular flexibility index (Phi) is 8.40. The Morgan fingerprint density at radius 3 is 2.94 bits per heavy atom. The van der Waals surface area contributed by atoms with Crippen molar-refractivity contribution >= 4 is 46.3 Å². The van der Waals surface area contributed by atoms with Crippen molar-refractivity contribution in [2.24, 2.45) is 5.73 Å². The molecule has 1 aliphatic rings. The van der Waals surface area contributed by atoms with E-state index in [2.05, 4.69) is 9.71 Å². The van der Waals surface area contributed by atoms with Crippen molar-refractivity contribution in [1.82, 2.24) is 9.88 Å². The molecule has 188 valence electrons. The average molecular weight is 549 g/mol. The zero-order valence-corrected chi connectivity index (χ0v) is 21.8. The smallest absolute Gasteiger partial charge is 0.148 e. The number of hydrogen-bond acceptors (Lipinski definition) is 8. The summed E-state index contributed by atoms with van der Waals surface area (Å²) in [7, 11) is 1.82. The van der Waals surface area contributed by atoms with Gasteiger partial charge in [0.05, 0.1) is 34.5 Å². The number of nitrogens with one attached hydrogen (secondary N) is 1. The number of benzene rings is 1. The first-order valence-electron chi connectivity index (χ1n) is 10.8. The lowest BCUT2D eigenvalue weighted by Crippen LogP contribution is -2.29. The van der Waals surface area contributed by atoms with Crippen molar-refractivity contribution in [3.8, 4) is 5.75 Å². The molecule has 0 bridgehead atoms. The van der Waals surface area contributed by atoms with Gasteiger partial charge in [-0.3, -0.25) is 0 Å². The standard InChI is InChI=1S/C25H23ClF2N4O2S2/c1-15(27)17(4-3-6-29)21-8-18(16-5-7-33-12-16)23(11-32(21)2)34-22-10-20(28)24(9-19(22)26)36-31-25-13-35-14-30-25/h3-10,12-15,31H,11,29H2,1-2H3/b6-3-,17-4+. The van der Waals surface area contributed by atoms with E-state index in [0.29, 0.717) is 33.3 Å². The monoisotopic (exact) mass is 548 g/mol. The first kappa shape index (κ1) is 25.9. The fourth-order valence-electron chi connectivity index (χ4n) is 3.52. The van der Waals surface area contributed by atoms with Crippen LogP contribution in [0.4, 0.5) is 14.6 Å². The SMILES string of the molecule is CC(F)/C(=C\C=C/N)C1=CC(c2ccoc2)=C(Oc2cc(F)c(SNc3cscn3)cc2Cl)CN1C. The summed E-state index contributed by atoms with van der Waals surface area (Å²) in [5, 5.41) is 2.05. The summed E-state index contributed by atoms with van der Waals surface area (Å²) in [6.45, 7) is 1.74. The number of nitrogens with zero attached hydrogens (tertiary/aromatic N) is 2. The highest BCUT2D eigenvalue weighted by atomic mass is 35.5. The minimum absolute atomic E-state index is 0.161. The maximum Gasteiger partial charge on any atom is 0.148 e. The molecule has 0 spiro atoms. The van der Waals surface area contributed by atoms with Crippen LogP contribution in [0.2, 0.25) is 5.02 Å². The molecule has 0 saturated heterocycles. The highest BCUT2D eigenvalue weighted by Crippen LogP contribution is 2.38. The van der Waals surface area contributed by atoms with Crippen LogP contribution in [-0.2, 0) is 0 Å². The minimum atomic E-state index is -1.24. The summed E-state index contributed by atoms with van der Waals surface area (Å²) in [5.41, 5.74) is 9.65. The highest BCUT2D eigenvalue weighted by Gasteiger charge is 2.26. The van der Waals surface area contributed by atoms with Gasteiger partial charge >= 0.3 is 0 Å². The van der Waals surface area contributed by atoms with Gasteiger partial charge in [-0.05, 0) is 49.4 Å². The number of rotatable bonds is 9. The lowest BCUT2D eigenvalue weighted by molar-refractivity contribution is 0.327. The molecule has 0 fully saturated rings. The van der Waals surface area contributed by atoms with Crippen LogP contribution in [-0.4, -0.2) is 29.6 Å². The molecule has 1 unspecified atom stereocenters. The summed E-state index contributed by atoms with van der Waals surface area (Å²) >= 11 is 8.97. The molecular weight excluding hydrogens is 526 g/mol. The van der Waals surface area contributed by atoms with E-state index in [-0.39, 0.29) is 17.3 Å². The molecular formula is C25H23ClF2N4O2S2. The average Bonchev–Trinajstić information content (AvgIpc) is 3.56. The Balaban J connectivity index is 1.68. The van der Waals surface area contributed by atoms with E-state index in [9.17, 15) is 8.78 Å². The molecule has 36 heavy (non-hydrogen) atoms. The van der Waals surface area contributed by atoms with Crippen molar-refractivity contribution in [2.45, 2.75) is 18.0 Å². The first-order chi connectivity index (χ1) is 17.4. The molecule has 2 aromatic heterocycles. The zero-order chi connectivity index (χ0) is 25.7. The number of anilines is 1. The molecule has 1 aliphatic heterocycles. The Morgan fingerprint density at radius 1 is 1.44 bits per heavy atom. The molecule has 4 rings (SSSR count). The lowest BCUT2D eigenvalue weighted by Gasteiger charge is -2.31. The topological polar surface area (TPSA) is 76.5 Å². The predicted molar refractivity (Wildman–Crippen MR) is 142 cm³/mol. The number of aromatic nitrogens is 1. The number of hydrogen-bond donors (Lipinski definition) is 2. The van der Waals surface area contributed by atoms with Crippen molar-refractivity contribution < 1.29 is 17.9 Å². The summed E-state index contributed by atoms with van der Waals surface area (Å²) in [6.07, 6.45) is 8.22. The number of thiazole rings is 1. The van der Waals surface area contributed by atoms with E-state index >= 15 is 0 Å². The molecule has 3 aromatic rings. The van der Waals surface area contributed by atoms with Gasteiger partial charge in [-0.1, -0.05) is 17.7 Å². The first-order valence-corrected chi connectivity index (χ1v) is 12.9.